The Morgan fingerprint density at radius 2 is 1.73 bits per heavy atom. The molecule has 0 spiro atoms. The second kappa shape index (κ2) is 7.21. The standard InChI is InChI=1S/C11H19N2O9/c1-19-7-5(16)6(17)11(22-9(7)13-12)21-8-4(15)3(14)2-20-10(8)18/h3-11,14-18H,2H2,1H3/q-1. The number of methoxy groups -OCH3 is 1. The van der Waals surface area contributed by atoms with Gasteiger partial charge in [-0.15, -0.1) is 0 Å². The molecule has 9 unspecified atom stereocenters. The molecule has 0 radical (unpaired) electrons. The fourth-order valence-electron chi connectivity index (χ4n) is 2.36. The smallest absolute Gasteiger partial charge is 0.189 e. The van der Waals surface area contributed by atoms with E-state index in [4.69, 9.17) is 24.5 Å². The van der Waals surface area contributed by atoms with Gasteiger partial charge in [-0.25, -0.2) is 0 Å². The predicted molar refractivity (Wildman–Crippen MR) is 66.1 cm³/mol. The molecule has 0 saturated carbocycles. The van der Waals surface area contributed by atoms with Crippen molar-refractivity contribution in [3.63, 3.8) is 0 Å². The van der Waals surface area contributed by atoms with Crippen molar-refractivity contribution >= 4 is 0 Å². The van der Waals surface area contributed by atoms with Crippen molar-refractivity contribution < 1.29 is 44.5 Å². The van der Waals surface area contributed by atoms with Gasteiger partial charge in [-0.1, -0.05) is 0 Å². The Morgan fingerprint density at radius 3 is 2.32 bits per heavy atom. The third-order valence-electron chi connectivity index (χ3n) is 3.65. The Bertz CT molecular complexity index is 387. The van der Waals surface area contributed by atoms with Crippen LogP contribution in [-0.4, -0.2) is 94.7 Å². The summed E-state index contributed by atoms with van der Waals surface area (Å²) in [5.41, 5.74) is 8.87. The van der Waals surface area contributed by atoms with Gasteiger partial charge < -0.3 is 55.1 Å². The van der Waals surface area contributed by atoms with Crippen LogP contribution in [-0.2, 0) is 18.9 Å². The molecule has 2 rings (SSSR count). The fourth-order valence-corrected chi connectivity index (χ4v) is 2.36. The van der Waals surface area contributed by atoms with Gasteiger partial charge in [0.25, 0.3) is 0 Å². The van der Waals surface area contributed by atoms with E-state index in [1.165, 1.54) is 7.11 Å². The molecule has 128 valence electrons. The molecule has 0 amide bonds. The van der Waals surface area contributed by atoms with Crippen LogP contribution in [0.4, 0.5) is 0 Å². The third-order valence-corrected chi connectivity index (χ3v) is 3.65. The lowest BCUT2D eigenvalue weighted by atomic mass is 10.0. The molecule has 11 heteroatoms. The number of rotatable bonds is 4. The van der Waals surface area contributed by atoms with Crippen molar-refractivity contribution in [2.75, 3.05) is 13.7 Å². The minimum atomic E-state index is -1.61. The van der Waals surface area contributed by atoms with Crippen molar-refractivity contribution in [2.24, 2.45) is 5.11 Å². The minimum absolute atomic E-state index is 0.292. The summed E-state index contributed by atoms with van der Waals surface area (Å²) in [5.74, 6) is 0. The van der Waals surface area contributed by atoms with Crippen molar-refractivity contribution in [1.82, 2.24) is 0 Å². The van der Waals surface area contributed by atoms with Crippen molar-refractivity contribution in [3.8, 4) is 0 Å². The maximum atomic E-state index is 9.95. The molecule has 0 bridgehead atoms. The largest absolute Gasteiger partial charge is 0.710 e. The van der Waals surface area contributed by atoms with Crippen LogP contribution in [0.3, 0.4) is 0 Å². The molecule has 2 heterocycles. The maximum Gasteiger partial charge on any atom is 0.189 e. The first-order valence-corrected chi connectivity index (χ1v) is 6.60. The lowest BCUT2D eigenvalue weighted by molar-refractivity contribution is -0.350. The Labute approximate surface area is 125 Å². The molecule has 0 aliphatic carbocycles. The van der Waals surface area contributed by atoms with Crippen LogP contribution in [0.25, 0.3) is 5.53 Å². The van der Waals surface area contributed by atoms with Gasteiger partial charge in [0.05, 0.1) is 6.61 Å². The first-order chi connectivity index (χ1) is 10.4. The van der Waals surface area contributed by atoms with Gasteiger partial charge >= 0.3 is 0 Å². The highest BCUT2D eigenvalue weighted by atomic mass is 16.7. The van der Waals surface area contributed by atoms with Crippen LogP contribution in [0.15, 0.2) is 5.11 Å². The summed E-state index contributed by atoms with van der Waals surface area (Å²) in [6, 6.07) is 0. The molecule has 2 aliphatic heterocycles. The second-order valence-corrected chi connectivity index (χ2v) is 5.07. The van der Waals surface area contributed by atoms with E-state index in [9.17, 15) is 25.5 Å². The Kier molecular flexibility index (Phi) is 5.76. The molecule has 0 aromatic heterocycles. The van der Waals surface area contributed by atoms with Gasteiger partial charge in [-0.2, -0.15) is 0 Å². The van der Waals surface area contributed by atoms with Crippen LogP contribution in [0.1, 0.15) is 0 Å². The highest BCUT2D eigenvalue weighted by molar-refractivity contribution is 4.91. The normalized spacial score (nSPS) is 49.8. The van der Waals surface area contributed by atoms with Gasteiger partial charge in [-0.3, -0.25) is 0 Å². The van der Waals surface area contributed by atoms with E-state index >= 15 is 0 Å². The summed E-state index contributed by atoms with van der Waals surface area (Å²) in [6.07, 6.45) is -13.0. The summed E-state index contributed by atoms with van der Waals surface area (Å²) in [4.78, 5) is 0. The van der Waals surface area contributed by atoms with Gasteiger partial charge in [-0.05, 0) is 0 Å². The zero-order valence-electron chi connectivity index (χ0n) is 11.7. The molecule has 0 aromatic carbocycles. The highest BCUT2D eigenvalue weighted by Crippen LogP contribution is 2.28. The van der Waals surface area contributed by atoms with E-state index in [1.807, 2.05) is 0 Å². The number of nitrogens with zero attached hydrogens (tertiary/aromatic N) is 2. The molecular formula is C11H19N2O9-. The van der Waals surface area contributed by atoms with Gasteiger partial charge in [0.2, 0.25) is 0 Å². The zero-order valence-corrected chi connectivity index (χ0v) is 11.7. The number of aliphatic hydroxyl groups is 5. The summed E-state index contributed by atoms with van der Waals surface area (Å²) >= 11 is 0. The predicted octanol–water partition coefficient (Wildman–Crippen LogP) is -3.12. The monoisotopic (exact) mass is 323 g/mol. The summed E-state index contributed by atoms with van der Waals surface area (Å²) in [7, 11) is 1.22. The van der Waals surface area contributed by atoms with E-state index < -0.39 is 55.4 Å². The molecule has 0 aromatic rings. The first kappa shape index (κ1) is 17.6. The van der Waals surface area contributed by atoms with Crippen LogP contribution in [0.5, 0.6) is 0 Å². The third kappa shape index (κ3) is 3.27. The van der Waals surface area contributed by atoms with Crippen LogP contribution in [0.2, 0.25) is 0 Å². The summed E-state index contributed by atoms with van der Waals surface area (Å²) in [6.45, 7) is -0.292. The van der Waals surface area contributed by atoms with Crippen LogP contribution in [0, 0.1) is 0 Å². The molecule has 11 nitrogen and oxygen atoms in total. The van der Waals surface area contributed by atoms with E-state index in [0.29, 0.717) is 0 Å². The molecule has 5 N–H and O–H groups in total. The fraction of sp³-hybridized carbons (Fsp3) is 1.00. The first-order valence-electron chi connectivity index (χ1n) is 6.60. The zero-order chi connectivity index (χ0) is 16.4. The van der Waals surface area contributed by atoms with Gasteiger partial charge in [0.1, 0.15) is 36.6 Å². The Balaban J connectivity index is 2.09. The molecule has 2 aliphatic rings. The number of hydrogen-bond donors (Lipinski definition) is 5. The average molecular weight is 323 g/mol. The molecule has 2 saturated heterocycles. The van der Waals surface area contributed by atoms with E-state index in [2.05, 4.69) is 5.11 Å². The average Bonchev–Trinajstić information content (AvgIpc) is 2.51. The maximum absolute atomic E-state index is 9.95. The number of hydrogen-bond acceptors (Lipinski definition) is 10. The van der Waals surface area contributed by atoms with E-state index in [1.54, 1.807) is 0 Å². The van der Waals surface area contributed by atoms with Crippen molar-refractivity contribution in [2.45, 2.75) is 55.4 Å². The van der Waals surface area contributed by atoms with Gasteiger partial charge in [0.15, 0.2) is 18.8 Å². The van der Waals surface area contributed by atoms with Gasteiger partial charge in [0, 0.05) is 7.11 Å². The lowest BCUT2D eigenvalue weighted by Crippen LogP contribution is -2.62. The lowest BCUT2D eigenvalue weighted by Gasteiger charge is -2.44. The Hall–Kier alpha value is -0.760. The molecule has 9 atom stereocenters. The van der Waals surface area contributed by atoms with E-state index in [-0.39, 0.29) is 6.61 Å². The minimum Gasteiger partial charge on any atom is -0.710 e. The highest BCUT2D eigenvalue weighted by Gasteiger charge is 2.48. The van der Waals surface area contributed by atoms with Crippen molar-refractivity contribution in [1.29, 1.82) is 0 Å². The molecular weight excluding hydrogens is 304 g/mol. The molecule has 22 heavy (non-hydrogen) atoms. The number of ether oxygens (including phenoxy) is 4. The van der Waals surface area contributed by atoms with E-state index in [0.717, 1.165) is 0 Å². The quantitative estimate of drug-likeness (QED) is 0.335. The Morgan fingerprint density at radius 1 is 1.05 bits per heavy atom. The van der Waals surface area contributed by atoms with Crippen LogP contribution >= 0.6 is 0 Å². The van der Waals surface area contributed by atoms with Crippen molar-refractivity contribution in [3.05, 3.63) is 5.53 Å². The topological polar surface area (TPSA) is 173 Å². The summed E-state index contributed by atoms with van der Waals surface area (Å²) < 4.78 is 20.0. The summed E-state index contributed by atoms with van der Waals surface area (Å²) in [5, 5.41) is 51.7. The second-order valence-electron chi connectivity index (χ2n) is 5.07. The number of aliphatic hydroxyl groups excluding tert-OH is 5. The molecule has 2 fully saturated rings. The SMILES string of the molecule is COC1C(N=[N-])OC(OC2C(O)OCC(O)C2O)C(O)C1O. The van der Waals surface area contributed by atoms with Crippen LogP contribution < -0.4 is 0 Å².